The van der Waals surface area contributed by atoms with Gasteiger partial charge in [0.1, 0.15) is 11.6 Å². The van der Waals surface area contributed by atoms with Crippen molar-refractivity contribution in [1.82, 2.24) is 19.7 Å². The van der Waals surface area contributed by atoms with E-state index in [1.807, 2.05) is 6.92 Å². The van der Waals surface area contributed by atoms with Gasteiger partial charge in [-0.05, 0) is 45.7 Å². The molecule has 1 aromatic rings. The Labute approximate surface area is 115 Å². The van der Waals surface area contributed by atoms with Gasteiger partial charge in [0.15, 0.2) is 0 Å². The highest BCUT2D eigenvalue weighted by Gasteiger charge is 2.20. The Morgan fingerprint density at radius 2 is 2.17 bits per heavy atom. The molecule has 0 saturated carbocycles. The highest BCUT2D eigenvalue weighted by atomic mass is 35.5. The van der Waals surface area contributed by atoms with E-state index in [4.69, 9.17) is 5.73 Å². The maximum absolute atomic E-state index is 5.76. The number of piperidine rings is 1. The molecular formula is C12H24ClN5. The van der Waals surface area contributed by atoms with Crippen molar-refractivity contribution in [1.29, 1.82) is 0 Å². The van der Waals surface area contributed by atoms with Crippen LogP contribution in [0.5, 0.6) is 0 Å². The summed E-state index contributed by atoms with van der Waals surface area (Å²) in [5, 5.41) is 8.43. The number of rotatable bonds is 4. The number of hydrogen-bond donors (Lipinski definition) is 1. The zero-order valence-corrected chi connectivity index (χ0v) is 12.1. The van der Waals surface area contributed by atoms with Gasteiger partial charge in [-0.3, -0.25) is 4.90 Å². The monoisotopic (exact) mass is 273 g/mol. The summed E-state index contributed by atoms with van der Waals surface area (Å²) in [5.41, 5.74) is 5.76. The lowest BCUT2D eigenvalue weighted by atomic mass is 9.98. The Morgan fingerprint density at radius 1 is 1.39 bits per heavy atom. The van der Waals surface area contributed by atoms with E-state index in [0.29, 0.717) is 5.92 Å². The second kappa shape index (κ2) is 7.07. The van der Waals surface area contributed by atoms with E-state index in [2.05, 4.69) is 26.6 Å². The molecule has 0 aromatic carbocycles. The summed E-state index contributed by atoms with van der Waals surface area (Å²) in [6, 6.07) is 0. The van der Waals surface area contributed by atoms with Crippen molar-refractivity contribution in [3.8, 4) is 0 Å². The Morgan fingerprint density at radius 3 is 2.83 bits per heavy atom. The van der Waals surface area contributed by atoms with Gasteiger partial charge in [0, 0.05) is 13.1 Å². The first-order chi connectivity index (χ1) is 8.24. The lowest BCUT2D eigenvalue weighted by molar-refractivity contribution is 0.165. The van der Waals surface area contributed by atoms with Crippen LogP contribution in [0, 0.1) is 12.8 Å². The summed E-state index contributed by atoms with van der Waals surface area (Å²) in [5.74, 6) is 2.75. The van der Waals surface area contributed by atoms with Gasteiger partial charge in [0.05, 0.1) is 6.54 Å². The highest BCUT2D eigenvalue weighted by Crippen LogP contribution is 2.17. The van der Waals surface area contributed by atoms with Gasteiger partial charge in [-0.1, -0.05) is 0 Å². The molecule has 1 saturated heterocycles. The van der Waals surface area contributed by atoms with Crippen LogP contribution in [0.1, 0.15) is 31.4 Å². The topological polar surface area (TPSA) is 60.0 Å². The molecule has 0 bridgehead atoms. The summed E-state index contributed by atoms with van der Waals surface area (Å²) >= 11 is 0. The van der Waals surface area contributed by atoms with Crippen LogP contribution in [0.4, 0.5) is 0 Å². The summed E-state index contributed by atoms with van der Waals surface area (Å²) < 4.78 is 2.19. The SMILES string of the molecule is CCn1c(C)nnc1CN1CCCC(CN)C1.Cl. The Bertz CT molecular complexity index is 365. The fourth-order valence-corrected chi connectivity index (χ4v) is 2.64. The van der Waals surface area contributed by atoms with Crippen molar-refractivity contribution in [2.24, 2.45) is 11.7 Å². The van der Waals surface area contributed by atoms with Gasteiger partial charge in [-0.25, -0.2) is 0 Å². The van der Waals surface area contributed by atoms with Gasteiger partial charge in [-0.15, -0.1) is 22.6 Å². The molecule has 2 rings (SSSR count). The average molecular weight is 274 g/mol. The van der Waals surface area contributed by atoms with Crippen molar-refractivity contribution < 1.29 is 0 Å². The van der Waals surface area contributed by atoms with Gasteiger partial charge >= 0.3 is 0 Å². The Balaban J connectivity index is 0.00000162. The summed E-state index contributed by atoms with van der Waals surface area (Å²) in [6.07, 6.45) is 2.52. The van der Waals surface area contributed by atoms with Gasteiger partial charge in [0.25, 0.3) is 0 Å². The molecule has 6 heteroatoms. The third-order valence-corrected chi connectivity index (χ3v) is 3.63. The van der Waals surface area contributed by atoms with Crippen LogP contribution in [-0.2, 0) is 13.1 Å². The predicted molar refractivity (Wildman–Crippen MR) is 74.7 cm³/mol. The molecule has 2 N–H and O–H groups in total. The number of hydrogen-bond acceptors (Lipinski definition) is 4. The first kappa shape index (κ1) is 15.4. The van der Waals surface area contributed by atoms with E-state index >= 15 is 0 Å². The van der Waals surface area contributed by atoms with Crippen LogP contribution < -0.4 is 5.73 Å². The second-order valence-electron chi connectivity index (χ2n) is 4.89. The fraction of sp³-hybridized carbons (Fsp3) is 0.833. The first-order valence-corrected chi connectivity index (χ1v) is 6.55. The minimum absolute atomic E-state index is 0. The van der Waals surface area contributed by atoms with Crippen molar-refractivity contribution in [3.63, 3.8) is 0 Å². The first-order valence-electron chi connectivity index (χ1n) is 6.55. The number of aryl methyl sites for hydroxylation is 1. The van der Waals surface area contributed by atoms with Crippen molar-refractivity contribution in [2.45, 2.75) is 39.8 Å². The van der Waals surface area contributed by atoms with E-state index in [9.17, 15) is 0 Å². The highest BCUT2D eigenvalue weighted by molar-refractivity contribution is 5.85. The van der Waals surface area contributed by atoms with Crippen LogP contribution >= 0.6 is 12.4 Å². The van der Waals surface area contributed by atoms with Gasteiger partial charge < -0.3 is 10.3 Å². The van der Waals surface area contributed by atoms with Crippen LogP contribution in [0.2, 0.25) is 0 Å². The molecule has 0 amide bonds. The normalized spacial score (nSPS) is 20.7. The third kappa shape index (κ3) is 3.43. The minimum atomic E-state index is 0. The molecule has 0 spiro atoms. The number of nitrogens with two attached hydrogens (primary N) is 1. The molecule has 18 heavy (non-hydrogen) atoms. The van der Waals surface area contributed by atoms with Crippen molar-refractivity contribution in [2.75, 3.05) is 19.6 Å². The molecular weight excluding hydrogens is 250 g/mol. The quantitative estimate of drug-likeness (QED) is 0.896. The summed E-state index contributed by atoms with van der Waals surface area (Å²) in [7, 11) is 0. The third-order valence-electron chi connectivity index (χ3n) is 3.63. The molecule has 1 aromatic heterocycles. The molecule has 2 heterocycles. The van der Waals surface area contributed by atoms with Crippen LogP contribution in [0.25, 0.3) is 0 Å². The smallest absolute Gasteiger partial charge is 0.147 e. The zero-order valence-electron chi connectivity index (χ0n) is 11.3. The van der Waals surface area contributed by atoms with E-state index in [1.54, 1.807) is 0 Å². The van der Waals surface area contributed by atoms with Crippen molar-refractivity contribution in [3.05, 3.63) is 11.6 Å². The van der Waals surface area contributed by atoms with Crippen LogP contribution in [0.3, 0.4) is 0 Å². The Hall–Kier alpha value is -0.650. The van der Waals surface area contributed by atoms with Crippen LogP contribution in [-0.4, -0.2) is 39.3 Å². The minimum Gasteiger partial charge on any atom is -0.330 e. The second-order valence-corrected chi connectivity index (χ2v) is 4.89. The van der Waals surface area contributed by atoms with Gasteiger partial charge in [-0.2, -0.15) is 0 Å². The standard InChI is InChI=1S/C12H23N5.ClH/c1-3-17-10(2)14-15-12(17)9-16-6-4-5-11(7-13)8-16;/h11H,3-9,13H2,1-2H3;1H. The lowest BCUT2D eigenvalue weighted by Crippen LogP contribution is -2.38. The number of halogens is 1. The van der Waals surface area contributed by atoms with E-state index < -0.39 is 0 Å². The predicted octanol–water partition coefficient (Wildman–Crippen LogP) is 1.20. The largest absolute Gasteiger partial charge is 0.330 e. The maximum Gasteiger partial charge on any atom is 0.147 e. The molecule has 5 nitrogen and oxygen atoms in total. The summed E-state index contributed by atoms with van der Waals surface area (Å²) in [4.78, 5) is 2.46. The van der Waals surface area contributed by atoms with E-state index in [-0.39, 0.29) is 12.4 Å². The van der Waals surface area contributed by atoms with Crippen molar-refractivity contribution >= 4 is 12.4 Å². The zero-order chi connectivity index (χ0) is 12.3. The number of likely N-dealkylation sites (tertiary alicyclic amines) is 1. The number of aromatic nitrogens is 3. The molecule has 1 fully saturated rings. The maximum atomic E-state index is 5.76. The summed E-state index contributed by atoms with van der Waals surface area (Å²) in [6.45, 7) is 9.07. The number of nitrogens with zero attached hydrogens (tertiary/aromatic N) is 4. The van der Waals surface area contributed by atoms with Crippen LogP contribution in [0.15, 0.2) is 0 Å². The lowest BCUT2D eigenvalue weighted by Gasteiger charge is -2.31. The molecule has 1 atom stereocenters. The fourth-order valence-electron chi connectivity index (χ4n) is 2.64. The molecule has 104 valence electrons. The van der Waals surface area contributed by atoms with Gasteiger partial charge in [0.2, 0.25) is 0 Å². The van der Waals surface area contributed by atoms with E-state index in [0.717, 1.165) is 44.4 Å². The molecule has 0 radical (unpaired) electrons. The molecule has 0 aliphatic carbocycles. The van der Waals surface area contributed by atoms with E-state index in [1.165, 1.54) is 12.8 Å². The molecule has 1 unspecified atom stereocenters. The average Bonchev–Trinajstić information content (AvgIpc) is 2.70. The Kier molecular flexibility index (Phi) is 6.05. The molecule has 1 aliphatic heterocycles. The molecule has 1 aliphatic rings.